The minimum atomic E-state index is -3.86. The summed E-state index contributed by atoms with van der Waals surface area (Å²) in [6.45, 7) is 4.32. The SMILES string of the molecule is CCn1cc(S(=O)(=O)NC(=O)C2CC2C2CCCCC2)nc1C. The highest BCUT2D eigenvalue weighted by atomic mass is 32.2. The van der Waals surface area contributed by atoms with E-state index in [0.29, 0.717) is 24.2 Å². The van der Waals surface area contributed by atoms with Gasteiger partial charge in [0.1, 0.15) is 5.82 Å². The van der Waals surface area contributed by atoms with Crippen LogP contribution in [0.25, 0.3) is 0 Å². The lowest BCUT2D eigenvalue weighted by molar-refractivity contribution is -0.121. The van der Waals surface area contributed by atoms with Gasteiger partial charge in [-0.3, -0.25) is 4.79 Å². The maximum Gasteiger partial charge on any atom is 0.283 e. The Labute approximate surface area is 137 Å². The fraction of sp³-hybridized carbons (Fsp3) is 0.750. The number of nitrogens with zero attached hydrogens (tertiary/aromatic N) is 2. The van der Waals surface area contributed by atoms with Crippen LogP contribution in [0, 0.1) is 24.7 Å². The van der Waals surface area contributed by atoms with Gasteiger partial charge in [0.15, 0.2) is 5.03 Å². The number of hydrogen-bond donors (Lipinski definition) is 1. The van der Waals surface area contributed by atoms with Crippen LogP contribution < -0.4 is 4.72 Å². The number of hydrogen-bond acceptors (Lipinski definition) is 4. The molecule has 0 radical (unpaired) electrons. The summed E-state index contributed by atoms with van der Waals surface area (Å²) in [7, 11) is -3.86. The summed E-state index contributed by atoms with van der Waals surface area (Å²) in [6.07, 6.45) is 8.43. The van der Waals surface area contributed by atoms with Gasteiger partial charge in [-0.15, -0.1) is 0 Å². The van der Waals surface area contributed by atoms with Crippen LogP contribution in [0.3, 0.4) is 0 Å². The molecule has 0 spiro atoms. The van der Waals surface area contributed by atoms with Crippen LogP contribution in [0.4, 0.5) is 0 Å². The number of aryl methyl sites for hydroxylation is 2. The Morgan fingerprint density at radius 3 is 2.65 bits per heavy atom. The van der Waals surface area contributed by atoms with Gasteiger partial charge in [-0.25, -0.2) is 9.71 Å². The predicted octanol–water partition coefficient (Wildman–Crippen LogP) is 2.23. The van der Waals surface area contributed by atoms with Gasteiger partial charge in [-0.05, 0) is 32.1 Å². The Morgan fingerprint density at radius 1 is 1.35 bits per heavy atom. The highest BCUT2D eigenvalue weighted by molar-refractivity contribution is 7.90. The first-order chi connectivity index (χ1) is 10.9. The summed E-state index contributed by atoms with van der Waals surface area (Å²) in [5.41, 5.74) is 0. The number of aromatic nitrogens is 2. The zero-order valence-corrected chi connectivity index (χ0v) is 14.6. The monoisotopic (exact) mass is 339 g/mol. The number of sulfonamides is 1. The van der Waals surface area contributed by atoms with Gasteiger partial charge >= 0.3 is 0 Å². The van der Waals surface area contributed by atoms with Crippen molar-refractivity contribution >= 4 is 15.9 Å². The van der Waals surface area contributed by atoms with Crippen LogP contribution in [-0.4, -0.2) is 23.9 Å². The Bertz CT molecular complexity index is 689. The summed E-state index contributed by atoms with van der Waals surface area (Å²) in [5.74, 6) is 1.11. The average Bonchev–Trinajstić information content (AvgIpc) is 3.24. The number of imidazole rings is 1. The van der Waals surface area contributed by atoms with E-state index in [9.17, 15) is 13.2 Å². The highest BCUT2D eigenvalue weighted by Crippen LogP contribution is 2.49. The molecule has 0 bridgehead atoms. The average molecular weight is 339 g/mol. The van der Waals surface area contributed by atoms with Crippen LogP contribution in [0.2, 0.25) is 0 Å². The van der Waals surface area contributed by atoms with Crippen LogP contribution in [0.15, 0.2) is 11.2 Å². The minimum Gasteiger partial charge on any atom is -0.334 e. The fourth-order valence-corrected chi connectivity index (χ4v) is 4.83. The number of carbonyl (C=O) groups excluding carboxylic acids is 1. The molecule has 0 saturated heterocycles. The van der Waals surface area contributed by atoms with Gasteiger partial charge in [0.05, 0.1) is 0 Å². The van der Waals surface area contributed by atoms with E-state index in [4.69, 9.17) is 0 Å². The molecule has 2 fully saturated rings. The first kappa shape index (κ1) is 16.5. The number of amides is 1. The van der Waals surface area contributed by atoms with Crippen LogP contribution in [0.1, 0.15) is 51.3 Å². The summed E-state index contributed by atoms with van der Waals surface area (Å²) in [5, 5.41) is -0.0694. The minimum absolute atomic E-state index is 0.0694. The molecule has 0 aliphatic heterocycles. The molecule has 3 rings (SSSR count). The predicted molar refractivity (Wildman–Crippen MR) is 86.1 cm³/mol. The van der Waals surface area contributed by atoms with Gasteiger partial charge in [0.25, 0.3) is 10.0 Å². The highest BCUT2D eigenvalue weighted by Gasteiger charge is 2.48. The van der Waals surface area contributed by atoms with Crippen molar-refractivity contribution in [3.63, 3.8) is 0 Å². The summed E-state index contributed by atoms with van der Waals surface area (Å²) < 4.78 is 28.6. The lowest BCUT2D eigenvalue weighted by atomic mass is 9.85. The van der Waals surface area contributed by atoms with Crippen molar-refractivity contribution in [2.75, 3.05) is 0 Å². The van der Waals surface area contributed by atoms with E-state index >= 15 is 0 Å². The second kappa shape index (κ2) is 6.26. The first-order valence-electron chi connectivity index (χ1n) is 8.53. The van der Waals surface area contributed by atoms with E-state index in [2.05, 4.69) is 9.71 Å². The Hall–Kier alpha value is -1.37. The van der Waals surface area contributed by atoms with Crippen LogP contribution >= 0.6 is 0 Å². The fourth-order valence-electron chi connectivity index (χ4n) is 3.79. The third kappa shape index (κ3) is 3.44. The zero-order chi connectivity index (χ0) is 16.6. The van der Waals surface area contributed by atoms with E-state index in [0.717, 1.165) is 6.42 Å². The standard InChI is InChI=1S/C16H25N3O3S/c1-3-19-10-15(17-11(19)2)23(21,22)18-16(20)14-9-13(14)12-7-5-4-6-8-12/h10,12-14H,3-9H2,1-2H3,(H,18,20). The molecule has 0 aromatic carbocycles. The van der Waals surface area contributed by atoms with Gasteiger partial charge in [0.2, 0.25) is 5.91 Å². The van der Waals surface area contributed by atoms with Crippen molar-refractivity contribution in [2.45, 2.75) is 63.9 Å². The van der Waals surface area contributed by atoms with E-state index in [-0.39, 0.29) is 16.9 Å². The molecule has 6 nitrogen and oxygen atoms in total. The molecule has 2 unspecified atom stereocenters. The molecule has 2 aliphatic carbocycles. The first-order valence-corrected chi connectivity index (χ1v) is 10.0. The molecule has 2 saturated carbocycles. The lowest BCUT2D eigenvalue weighted by Gasteiger charge is -2.21. The van der Waals surface area contributed by atoms with Gasteiger partial charge in [-0.2, -0.15) is 8.42 Å². The molecule has 7 heteroatoms. The van der Waals surface area contributed by atoms with E-state index in [1.165, 1.54) is 38.3 Å². The maximum atomic E-state index is 12.3. The smallest absolute Gasteiger partial charge is 0.283 e. The Balaban J connectivity index is 1.63. The Morgan fingerprint density at radius 2 is 2.04 bits per heavy atom. The maximum absolute atomic E-state index is 12.3. The van der Waals surface area contributed by atoms with Crippen molar-refractivity contribution in [2.24, 2.45) is 17.8 Å². The summed E-state index contributed by atoms with van der Waals surface area (Å²) in [6, 6.07) is 0. The molecular weight excluding hydrogens is 314 g/mol. The number of nitrogens with one attached hydrogen (secondary N) is 1. The topological polar surface area (TPSA) is 81.1 Å². The van der Waals surface area contributed by atoms with Gasteiger partial charge < -0.3 is 4.57 Å². The Kier molecular flexibility index (Phi) is 4.49. The molecule has 2 aliphatic rings. The molecule has 1 heterocycles. The molecule has 23 heavy (non-hydrogen) atoms. The van der Waals surface area contributed by atoms with Crippen LogP contribution in [0.5, 0.6) is 0 Å². The van der Waals surface area contributed by atoms with Crippen molar-refractivity contribution in [1.82, 2.24) is 14.3 Å². The molecule has 1 amide bonds. The summed E-state index contributed by atoms with van der Waals surface area (Å²) in [4.78, 5) is 16.3. The zero-order valence-electron chi connectivity index (χ0n) is 13.8. The largest absolute Gasteiger partial charge is 0.334 e. The second-order valence-corrected chi connectivity index (χ2v) is 8.42. The van der Waals surface area contributed by atoms with Crippen molar-refractivity contribution in [1.29, 1.82) is 0 Å². The van der Waals surface area contributed by atoms with Crippen molar-refractivity contribution in [3.05, 3.63) is 12.0 Å². The molecule has 1 aromatic rings. The normalized spacial score (nSPS) is 25.3. The van der Waals surface area contributed by atoms with Crippen molar-refractivity contribution < 1.29 is 13.2 Å². The molecule has 1 N–H and O–H groups in total. The molecule has 1 aromatic heterocycles. The van der Waals surface area contributed by atoms with E-state index < -0.39 is 10.0 Å². The van der Waals surface area contributed by atoms with E-state index in [1.807, 2.05) is 6.92 Å². The third-order valence-corrected chi connectivity index (χ3v) is 6.45. The van der Waals surface area contributed by atoms with E-state index in [1.54, 1.807) is 11.5 Å². The molecular formula is C16H25N3O3S. The van der Waals surface area contributed by atoms with Crippen molar-refractivity contribution in [3.8, 4) is 0 Å². The third-order valence-electron chi connectivity index (χ3n) is 5.24. The number of rotatable bonds is 5. The molecule has 128 valence electrons. The van der Waals surface area contributed by atoms with Crippen LogP contribution in [-0.2, 0) is 21.4 Å². The lowest BCUT2D eigenvalue weighted by Crippen LogP contribution is -2.33. The van der Waals surface area contributed by atoms with Gasteiger partial charge in [0, 0.05) is 18.7 Å². The quantitative estimate of drug-likeness (QED) is 0.892. The number of carbonyl (C=O) groups is 1. The second-order valence-electron chi connectivity index (χ2n) is 6.79. The van der Waals surface area contributed by atoms with Gasteiger partial charge in [-0.1, -0.05) is 32.1 Å². The molecule has 2 atom stereocenters. The summed E-state index contributed by atoms with van der Waals surface area (Å²) >= 11 is 0.